The maximum absolute atomic E-state index is 10.7. The Hall–Kier alpha value is 0.160. The van der Waals surface area contributed by atoms with Crippen LogP contribution in [0.15, 0.2) is 0 Å². The van der Waals surface area contributed by atoms with Gasteiger partial charge in [-0.3, -0.25) is 0 Å². The van der Waals surface area contributed by atoms with Crippen molar-refractivity contribution < 1.29 is 13.2 Å². The molecular formula is C8H16ClNO3S. The summed E-state index contributed by atoms with van der Waals surface area (Å²) in [6.07, 6.45) is 1.62. The molecule has 84 valence electrons. The zero-order chi connectivity index (χ0) is 10.4. The highest BCUT2D eigenvalue weighted by molar-refractivity contribution is 8.13. The molecule has 0 atom stereocenters. The number of hydrogen-bond acceptors (Lipinski definition) is 4. The number of rotatable bonds is 4. The van der Waals surface area contributed by atoms with Crippen LogP contribution in [-0.2, 0) is 13.8 Å². The highest BCUT2D eigenvalue weighted by Gasteiger charge is 2.10. The zero-order valence-electron chi connectivity index (χ0n) is 8.12. The van der Waals surface area contributed by atoms with Gasteiger partial charge >= 0.3 is 0 Å². The van der Waals surface area contributed by atoms with Gasteiger partial charge in [-0.05, 0) is 19.4 Å². The van der Waals surface area contributed by atoms with E-state index in [-0.39, 0.29) is 5.75 Å². The fourth-order valence-electron chi connectivity index (χ4n) is 1.48. The third kappa shape index (κ3) is 5.80. The summed E-state index contributed by atoms with van der Waals surface area (Å²) in [7, 11) is 1.79. The van der Waals surface area contributed by atoms with Crippen LogP contribution >= 0.6 is 10.7 Å². The Morgan fingerprint density at radius 3 is 2.79 bits per heavy atom. The Balaban J connectivity index is 2.16. The van der Waals surface area contributed by atoms with E-state index < -0.39 is 9.05 Å². The minimum Gasteiger partial charge on any atom is -0.380 e. The SMILES string of the molecule is O=S(=O)(Cl)CCCN1CCCOCC1. The number of hydrogen-bond donors (Lipinski definition) is 0. The minimum absolute atomic E-state index is 0.0614. The molecule has 0 amide bonds. The molecule has 1 fully saturated rings. The van der Waals surface area contributed by atoms with Gasteiger partial charge in [0.25, 0.3) is 0 Å². The molecule has 0 aromatic heterocycles. The van der Waals surface area contributed by atoms with Crippen molar-refractivity contribution in [3.63, 3.8) is 0 Å². The Kier molecular flexibility index (Phi) is 5.15. The van der Waals surface area contributed by atoms with E-state index in [0.717, 1.165) is 39.3 Å². The van der Waals surface area contributed by atoms with Gasteiger partial charge in [-0.2, -0.15) is 0 Å². The van der Waals surface area contributed by atoms with Gasteiger partial charge < -0.3 is 9.64 Å². The Morgan fingerprint density at radius 2 is 2.07 bits per heavy atom. The van der Waals surface area contributed by atoms with E-state index >= 15 is 0 Å². The molecule has 1 saturated heterocycles. The first kappa shape index (κ1) is 12.2. The van der Waals surface area contributed by atoms with Crippen molar-refractivity contribution in [2.75, 3.05) is 38.6 Å². The summed E-state index contributed by atoms with van der Waals surface area (Å²) in [6, 6.07) is 0. The normalized spacial score (nSPS) is 20.6. The van der Waals surface area contributed by atoms with Crippen molar-refractivity contribution in [1.82, 2.24) is 4.90 Å². The summed E-state index contributed by atoms with van der Waals surface area (Å²) in [4.78, 5) is 2.22. The molecule has 1 rings (SSSR count). The van der Waals surface area contributed by atoms with Gasteiger partial charge in [0.2, 0.25) is 9.05 Å². The predicted octanol–water partition coefficient (Wildman–Crippen LogP) is 0.667. The molecule has 0 aromatic carbocycles. The first-order valence-corrected chi connectivity index (χ1v) is 7.28. The molecule has 0 radical (unpaired) electrons. The van der Waals surface area contributed by atoms with Gasteiger partial charge in [0.1, 0.15) is 0 Å². The molecule has 0 aromatic rings. The van der Waals surface area contributed by atoms with Crippen molar-refractivity contribution in [1.29, 1.82) is 0 Å². The van der Waals surface area contributed by atoms with E-state index in [1.54, 1.807) is 0 Å². The Labute approximate surface area is 89.6 Å². The lowest BCUT2D eigenvalue weighted by Gasteiger charge is -2.17. The smallest absolute Gasteiger partial charge is 0.232 e. The highest BCUT2D eigenvalue weighted by atomic mass is 35.7. The summed E-state index contributed by atoms with van der Waals surface area (Å²) < 4.78 is 26.6. The monoisotopic (exact) mass is 241 g/mol. The van der Waals surface area contributed by atoms with Crippen molar-refractivity contribution in [2.45, 2.75) is 12.8 Å². The lowest BCUT2D eigenvalue weighted by atomic mass is 10.3. The van der Waals surface area contributed by atoms with E-state index in [0.29, 0.717) is 6.42 Å². The van der Waals surface area contributed by atoms with Crippen molar-refractivity contribution in [3.05, 3.63) is 0 Å². The average Bonchev–Trinajstić information content (AvgIpc) is 2.30. The molecule has 0 aliphatic carbocycles. The second kappa shape index (κ2) is 5.90. The number of ether oxygens (including phenoxy) is 1. The lowest BCUT2D eigenvalue weighted by Crippen LogP contribution is -2.28. The van der Waals surface area contributed by atoms with Crippen LogP contribution in [0.4, 0.5) is 0 Å². The largest absolute Gasteiger partial charge is 0.380 e. The summed E-state index contributed by atoms with van der Waals surface area (Å²) in [5.74, 6) is 0.0614. The molecule has 4 nitrogen and oxygen atoms in total. The topological polar surface area (TPSA) is 46.6 Å². The van der Waals surface area contributed by atoms with Crippen LogP contribution in [0.1, 0.15) is 12.8 Å². The Morgan fingerprint density at radius 1 is 1.29 bits per heavy atom. The molecular weight excluding hydrogens is 226 g/mol. The van der Waals surface area contributed by atoms with Gasteiger partial charge in [0.15, 0.2) is 0 Å². The second-order valence-corrected chi connectivity index (χ2v) is 6.30. The van der Waals surface area contributed by atoms with Crippen molar-refractivity contribution in [3.8, 4) is 0 Å². The maximum atomic E-state index is 10.7. The van der Waals surface area contributed by atoms with Crippen LogP contribution in [0.2, 0.25) is 0 Å². The van der Waals surface area contributed by atoms with E-state index in [4.69, 9.17) is 15.4 Å². The first-order chi connectivity index (χ1) is 6.58. The van der Waals surface area contributed by atoms with Crippen molar-refractivity contribution in [2.24, 2.45) is 0 Å². The fraction of sp³-hybridized carbons (Fsp3) is 1.00. The second-order valence-electron chi connectivity index (χ2n) is 3.40. The molecule has 1 heterocycles. The van der Waals surface area contributed by atoms with Gasteiger partial charge in [0, 0.05) is 30.4 Å². The molecule has 14 heavy (non-hydrogen) atoms. The summed E-state index contributed by atoms with van der Waals surface area (Å²) in [5.41, 5.74) is 0. The van der Waals surface area contributed by atoms with Crippen LogP contribution < -0.4 is 0 Å². The molecule has 0 bridgehead atoms. The van der Waals surface area contributed by atoms with Gasteiger partial charge in [-0.15, -0.1) is 0 Å². The third-order valence-electron chi connectivity index (χ3n) is 2.18. The molecule has 0 saturated carbocycles. The van der Waals surface area contributed by atoms with Gasteiger partial charge in [0.05, 0.1) is 12.4 Å². The van der Waals surface area contributed by atoms with Crippen LogP contribution in [0.3, 0.4) is 0 Å². The highest BCUT2D eigenvalue weighted by Crippen LogP contribution is 2.03. The number of halogens is 1. The molecule has 1 aliphatic rings. The zero-order valence-corrected chi connectivity index (χ0v) is 9.69. The van der Waals surface area contributed by atoms with Crippen LogP contribution in [0.5, 0.6) is 0 Å². The van der Waals surface area contributed by atoms with Crippen LogP contribution in [-0.4, -0.2) is 51.9 Å². The summed E-state index contributed by atoms with van der Waals surface area (Å²) >= 11 is 0. The van der Waals surface area contributed by atoms with Crippen LogP contribution in [0, 0.1) is 0 Å². The molecule has 0 unspecified atom stereocenters. The number of nitrogens with zero attached hydrogens (tertiary/aromatic N) is 1. The van der Waals surface area contributed by atoms with E-state index in [2.05, 4.69) is 4.90 Å². The predicted molar refractivity (Wildman–Crippen MR) is 56.1 cm³/mol. The average molecular weight is 242 g/mol. The van der Waals surface area contributed by atoms with Crippen LogP contribution in [0.25, 0.3) is 0 Å². The minimum atomic E-state index is -3.32. The van der Waals surface area contributed by atoms with E-state index in [9.17, 15) is 8.42 Å². The van der Waals surface area contributed by atoms with Gasteiger partial charge in [-0.25, -0.2) is 8.42 Å². The molecule has 1 aliphatic heterocycles. The summed E-state index contributed by atoms with van der Waals surface area (Å²) in [6.45, 7) is 4.22. The van der Waals surface area contributed by atoms with Gasteiger partial charge in [-0.1, -0.05) is 0 Å². The fourth-order valence-corrected chi connectivity index (χ4v) is 2.28. The van der Waals surface area contributed by atoms with E-state index in [1.807, 2.05) is 0 Å². The summed E-state index contributed by atoms with van der Waals surface area (Å²) in [5, 5.41) is 0. The molecule has 6 heteroatoms. The maximum Gasteiger partial charge on any atom is 0.232 e. The molecule has 0 spiro atoms. The Bertz CT molecular complexity index is 247. The quantitative estimate of drug-likeness (QED) is 0.679. The lowest BCUT2D eigenvalue weighted by molar-refractivity contribution is 0.141. The standard InChI is InChI=1S/C8H16ClNO3S/c9-14(11,12)8-2-4-10-3-1-6-13-7-5-10/h1-8H2. The first-order valence-electron chi connectivity index (χ1n) is 4.80. The van der Waals surface area contributed by atoms with Crippen molar-refractivity contribution >= 4 is 19.7 Å². The van der Waals surface area contributed by atoms with E-state index in [1.165, 1.54) is 0 Å². The molecule has 0 N–H and O–H groups in total. The third-order valence-corrected chi connectivity index (χ3v) is 3.42.